The Morgan fingerprint density at radius 3 is 2.47 bits per heavy atom. The van der Waals surface area contributed by atoms with Crippen molar-refractivity contribution in [3.05, 3.63) is 93.0 Å². The maximum absolute atomic E-state index is 6.52. The Balaban J connectivity index is 1.60. The van der Waals surface area contributed by atoms with Crippen molar-refractivity contribution in [2.75, 3.05) is 7.11 Å². The highest BCUT2D eigenvalue weighted by Gasteiger charge is 2.42. The third-order valence-corrected chi connectivity index (χ3v) is 6.09. The average Bonchev–Trinajstić information content (AvgIpc) is 3.20. The van der Waals surface area contributed by atoms with Crippen molar-refractivity contribution in [2.24, 2.45) is 5.10 Å². The predicted octanol–water partition coefficient (Wildman–Crippen LogP) is 6.55. The lowest BCUT2D eigenvalue weighted by atomic mass is 9.95. The monoisotopic (exact) mass is 438 g/mol. The van der Waals surface area contributed by atoms with Crippen LogP contribution in [-0.2, 0) is 0 Å². The molecule has 0 N–H and O–H groups in total. The van der Waals surface area contributed by atoms with E-state index in [9.17, 15) is 0 Å². The van der Waals surface area contributed by atoms with Crippen LogP contribution in [0.5, 0.6) is 11.5 Å². The number of ether oxygens (including phenoxy) is 2. The summed E-state index contributed by atoms with van der Waals surface area (Å²) in [7, 11) is 1.66. The molecule has 0 radical (unpaired) electrons. The van der Waals surface area contributed by atoms with Gasteiger partial charge in [-0.2, -0.15) is 5.10 Å². The molecular formula is C24H20Cl2N2O2. The first kappa shape index (κ1) is 19.3. The molecule has 2 aliphatic rings. The molecule has 2 heterocycles. The van der Waals surface area contributed by atoms with Gasteiger partial charge in [0.15, 0.2) is 0 Å². The zero-order valence-corrected chi connectivity index (χ0v) is 18.1. The van der Waals surface area contributed by atoms with Crippen LogP contribution in [0.2, 0.25) is 10.0 Å². The first-order valence-electron chi connectivity index (χ1n) is 9.76. The van der Waals surface area contributed by atoms with Crippen LogP contribution in [0.3, 0.4) is 0 Å². The Labute approximate surface area is 185 Å². The third-order valence-electron chi connectivity index (χ3n) is 5.59. The molecule has 0 saturated carbocycles. The van der Waals surface area contributed by atoms with E-state index in [2.05, 4.69) is 31.2 Å². The van der Waals surface area contributed by atoms with E-state index in [1.807, 2.05) is 35.3 Å². The fraction of sp³-hybridized carbons (Fsp3) is 0.208. The summed E-state index contributed by atoms with van der Waals surface area (Å²) in [5.74, 6) is 1.50. The van der Waals surface area contributed by atoms with Crippen LogP contribution >= 0.6 is 23.2 Å². The van der Waals surface area contributed by atoms with Gasteiger partial charge in [0.1, 0.15) is 11.5 Å². The van der Waals surface area contributed by atoms with Crippen molar-refractivity contribution in [1.29, 1.82) is 0 Å². The fourth-order valence-corrected chi connectivity index (χ4v) is 4.58. The van der Waals surface area contributed by atoms with Crippen LogP contribution in [0.4, 0.5) is 0 Å². The van der Waals surface area contributed by atoms with Gasteiger partial charge in [0.05, 0.1) is 23.9 Å². The van der Waals surface area contributed by atoms with E-state index in [1.54, 1.807) is 13.2 Å². The van der Waals surface area contributed by atoms with Crippen LogP contribution in [0.1, 0.15) is 40.9 Å². The number of aryl methyl sites for hydroxylation is 1. The Bertz CT molecular complexity index is 1130. The van der Waals surface area contributed by atoms with Gasteiger partial charge >= 0.3 is 0 Å². The highest BCUT2D eigenvalue weighted by molar-refractivity contribution is 6.35. The number of benzene rings is 3. The molecule has 0 unspecified atom stereocenters. The number of hydrogen-bond donors (Lipinski definition) is 0. The van der Waals surface area contributed by atoms with Crippen molar-refractivity contribution >= 4 is 28.9 Å². The Kier molecular flexibility index (Phi) is 4.84. The summed E-state index contributed by atoms with van der Waals surface area (Å²) >= 11 is 12.8. The SMILES string of the molecule is COc1ccc(C2=NN3[C@@H](C2)c2cc(Cl)cc(Cl)c2O[C@H]3c2ccc(C)cc2)cc1. The lowest BCUT2D eigenvalue weighted by Crippen LogP contribution is -2.33. The highest BCUT2D eigenvalue weighted by atomic mass is 35.5. The predicted molar refractivity (Wildman–Crippen MR) is 120 cm³/mol. The summed E-state index contributed by atoms with van der Waals surface area (Å²) in [6, 6.07) is 19.9. The van der Waals surface area contributed by atoms with Crippen molar-refractivity contribution in [3.8, 4) is 11.5 Å². The maximum Gasteiger partial charge on any atom is 0.213 e. The molecule has 2 aliphatic heterocycles. The molecule has 6 heteroatoms. The number of halogens is 2. The van der Waals surface area contributed by atoms with Gasteiger partial charge in [-0.1, -0.05) is 53.0 Å². The number of rotatable bonds is 3. The molecule has 0 saturated heterocycles. The summed E-state index contributed by atoms with van der Waals surface area (Å²) < 4.78 is 11.7. The zero-order valence-electron chi connectivity index (χ0n) is 16.6. The molecule has 0 bridgehead atoms. The van der Waals surface area contributed by atoms with E-state index < -0.39 is 0 Å². The number of fused-ring (bicyclic) bond motifs is 3. The number of hydrazone groups is 1. The minimum absolute atomic E-state index is 0.00615. The molecule has 0 aliphatic carbocycles. The van der Waals surface area contributed by atoms with Gasteiger partial charge in [-0.3, -0.25) is 0 Å². The van der Waals surface area contributed by atoms with Crippen molar-refractivity contribution in [1.82, 2.24) is 5.01 Å². The number of nitrogens with zero attached hydrogens (tertiary/aromatic N) is 2. The van der Waals surface area contributed by atoms with Gasteiger partial charge in [0, 0.05) is 22.6 Å². The van der Waals surface area contributed by atoms with E-state index in [0.717, 1.165) is 34.6 Å². The zero-order chi connectivity index (χ0) is 20.8. The molecule has 3 aromatic carbocycles. The van der Waals surface area contributed by atoms with E-state index in [1.165, 1.54) is 5.56 Å². The van der Waals surface area contributed by atoms with Crippen LogP contribution in [0.15, 0.2) is 65.8 Å². The average molecular weight is 439 g/mol. The fourth-order valence-electron chi connectivity index (χ4n) is 4.02. The minimum atomic E-state index is -0.363. The Morgan fingerprint density at radius 2 is 1.77 bits per heavy atom. The molecule has 5 rings (SSSR count). The highest BCUT2D eigenvalue weighted by Crippen LogP contribution is 2.50. The van der Waals surface area contributed by atoms with Crippen molar-refractivity contribution < 1.29 is 9.47 Å². The van der Waals surface area contributed by atoms with Gasteiger partial charge in [-0.25, -0.2) is 5.01 Å². The summed E-state index contributed by atoms with van der Waals surface area (Å²) in [6.07, 6.45) is 0.374. The lowest BCUT2D eigenvalue weighted by molar-refractivity contribution is -0.0189. The molecule has 3 aromatic rings. The van der Waals surface area contributed by atoms with Crippen molar-refractivity contribution in [3.63, 3.8) is 0 Å². The Morgan fingerprint density at radius 1 is 1.03 bits per heavy atom. The van der Waals surface area contributed by atoms with E-state index in [-0.39, 0.29) is 12.3 Å². The van der Waals surface area contributed by atoms with Gasteiger partial charge in [-0.05, 0) is 48.9 Å². The normalized spacial score (nSPS) is 19.6. The first-order chi connectivity index (χ1) is 14.5. The van der Waals surface area contributed by atoms with Crippen LogP contribution in [0.25, 0.3) is 0 Å². The second kappa shape index (κ2) is 7.53. The summed E-state index contributed by atoms with van der Waals surface area (Å²) in [4.78, 5) is 0. The van der Waals surface area contributed by atoms with E-state index in [0.29, 0.717) is 15.8 Å². The molecule has 4 nitrogen and oxygen atoms in total. The van der Waals surface area contributed by atoms with Crippen LogP contribution < -0.4 is 9.47 Å². The standard InChI is InChI=1S/C24H20Cl2N2O2/c1-14-3-5-16(6-4-14)24-28-22(19-11-17(25)12-20(26)23(19)30-24)13-21(27-28)15-7-9-18(29-2)10-8-15/h3-12,22,24H,13H2,1-2H3/t22-,24-/m0/s1. The molecule has 0 fully saturated rings. The number of hydrogen-bond acceptors (Lipinski definition) is 4. The lowest BCUT2D eigenvalue weighted by Gasteiger charge is -2.38. The molecule has 0 aromatic heterocycles. The van der Waals surface area contributed by atoms with Gasteiger partial charge in [-0.15, -0.1) is 0 Å². The molecule has 2 atom stereocenters. The summed E-state index contributed by atoms with van der Waals surface area (Å²) in [5, 5.41) is 8.11. The minimum Gasteiger partial charge on any atom is -0.497 e. The molecule has 0 amide bonds. The van der Waals surface area contributed by atoms with Gasteiger partial charge in [0.25, 0.3) is 0 Å². The van der Waals surface area contributed by atoms with Gasteiger partial charge in [0.2, 0.25) is 6.23 Å². The molecule has 152 valence electrons. The summed E-state index contributed by atoms with van der Waals surface area (Å²) in [5.41, 5.74) is 5.24. The quantitative estimate of drug-likeness (QED) is 0.464. The smallest absolute Gasteiger partial charge is 0.213 e. The van der Waals surface area contributed by atoms with Crippen LogP contribution in [-0.4, -0.2) is 17.8 Å². The van der Waals surface area contributed by atoms with E-state index in [4.69, 9.17) is 37.8 Å². The second-order valence-corrected chi connectivity index (χ2v) is 8.41. The van der Waals surface area contributed by atoms with Crippen LogP contribution in [0, 0.1) is 6.92 Å². The molecule has 0 spiro atoms. The Hall–Kier alpha value is -2.69. The second-order valence-electron chi connectivity index (χ2n) is 7.56. The maximum atomic E-state index is 6.52. The largest absolute Gasteiger partial charge is 0.497 e. The van der Waals surface area contributed by atoms with Crippen molar-refractivity contribution in [2.45, 2.75) is 25.6 Å². The van der Waals surface area contributed by atoms with E-state index >= 15 is 0 Å². The summed E-state index contributed by atoms with van der Waals surface area (Å²) in [6.45, 7) is 2.07. The molecule has 30 heavy (non-hydrogen) atoms. The number of methoxy groups -OCH3 is 1. The third kappa shape index (κ3) is 3.30. The topological polar surface area (TPSA) is 34.1 Å². The van der Waals surface area contributed by atoms with Gasteiger partial charge < -0.3 is 9.47 Å². The first-order valence-corrected chi connectivity index (χ1v) is 10.5. The molecular weight excluding hydrogens is 419 g/mol.